The number of nitrogens with zero attached hydrogens (tertiary/aromatic N) is 1. The number of anilines is 1. The Balaban J connectivity index is 1.74. The summed E-state index contributed by atoms with van der Waals surface area (Å²) in [6.45, 7) is 0.670. The first-order valence-corrected chi connectivity index (χ1v) is 7.05. The quantitative estimate of drug-likeness (QED) is 0.726. The molecular formula is C18H14N2O. The molecule has 2 heterocycles. The van der Waals surface area contributed by atoms with Crippen molar-refractivity contribution in [1.29, 1.82) is 0 Å². The number of hydrogen-bond acceptors (Lipinski definition) is 3. The van der Waals surface area contributed by atoms with Crippen molar-refractivity contribution in [1.82, 2.24) is 4.98 Å². The first-order valence-electron chi connectivity index (χ1n) is 7.05. The Bertz CT molecular complexity index is 841. The highest BCUT2D eigenvalue weighted by Gasteiger charge is 2.28. The summed E-state index contributed by atoms with van der Waals surface area (Å²) < 4.78 is 0. The molecule has 1 aliphatic rings. The zero-order valence-electron chi connectivity index (χ0n) is 11.4. The molecule has 0 amide bonds. The molecule has 3 nitrogen and oxygen atoms in total. The number of benzene rings is 2. The van der Waals surface area contributed by atoms with Crippen molar-refractivity contribution in [2.24, 2.45) is 0 Å². The van der Waals surface area contributed by atoms with Gasteiger partial charge in [-0.15, -0.1) is 0 Å². The van der Waals surface area contributed by atoms with Crippen LogP contribution in [0.3, 0.4) is 0 Å². The molecule has 0 fully saturated rings. The van der Waals surface area contributed by atoms with E-state index >= 15 is 0 Å². The maximum Gasteiger partial charge on any atom is 0.172 e. The van der Waals surface area contributed by atoms with E-state index < -0.39 is 0 Å². The average molecular weight is 274 g/mol. The van der Waals surface area contributed by atoms with Gasteiger partial charge in [-0.05, 0) is 35.9 Å². The SMILES string of the molecule is O=C(c1ccc2ncccc2c1)C1CNc2ccccc21. The first-order chi connectivity index (χ1) is 10.3. The minimum atomic E-state index is -0.102. The molecule has 21 heavy (non-hydrogen) atoms. The van der Waals surface area contributed by atoms with Crippen LogP contribution in [0.5, 0.6) is 0 Å². The Hall–Kier alpha value is -2.68. The Morgan fingerprint density at radius 1 is 1.10 bits per heavy atom. The Morgan fingerprint density at radius 2 is 2.00 bits per heavy atom. The summed E-state index contributed by atoms with van der Waals surface area (Å²) in [5.41, 5.74) is 3.82. The largest absolute Gasteiger partial charge is 0.384 e. The summed E-state index contributed by atoms with van der Waals surface area (Å²) in [5.74, 6) is 0.0634. The molecule has 0 spiro atoms. The van der Waals surface area contributed by atoms with Gasteiger partial charge in [0.2, 0.25) is 0 Å². The van der Waals surface area contributed by atoms with Gasteiger partial charge in [-0.1, -0.05) is 24.3 Å². The van der Waals surface area contributed by atoms with Gasteiger partial charge < -0.3 is 5.32 Å². The van der Waals surface area contributed by atoms with Crippen molar-refractivity contribution in [2.45, 2.75) is 5.92 Å². The Labute approximate surface area is 122 Å². The highest BCUT2D eigenvalue weighted by Crippen LogP contribution is 2.33. The van der Waals surface area contributed by atoms with Crippen molar-refractivity contribution in [3.8, 4) is 0 Å². The topological polar surface area (TPSA) is 42.0 Å². The van der Waals surface area contributed by atoms with Gasteiger partial charge in [0.1, 0.15) is 0 Å². The summed E-state index contributed by atoms with van der Waals surface area (Å²) >= 11 is 0. The normalized spacial score (nSPS) is 16.5. The van der Waals surface area contributed by atoms with Crippen LogP contribution in [0.4, 0.5) is 5.69 Å². The molecule has 0 aliphatic carbocycles. The standard InChI is InChI=1S/C18H14N2O/c21-18(15-11-20-17-6-2-1-5-14(15)17)13-7-8-16-12(10-13)4-3-9-19-16/h1-10,15,20H,11H2. The molecule has 3 aromatic rings. The van der Waals surface area contributed by atoms with Gasteiger partial charge >= 0.3 is 0 Å². The van der Waals surface area contributed by atoms with E-state index in [1.807, 2.05) is 54.6 Å². The van der Waals surface area contributed by atoms with Crippen LogP contribution in [0.1, 0.15) is 21.8 Å². The smallest absolute Gasteiger partial charge is 0.172 e. The first kappa shape index (κ1) is 12.1. The third-order valence-corrected chi connectivity index (χ3v) is 4.04. The van der Waals surface area contributed by atoms with E-state index in [-0.39, 0.29) is 11.7 Å². The molecule has 0 bridgehead atoms. The molecule has 1 aromatic heterocycles. The second-order valence-corrected chi connectivity index (χ2v) is 5.30. The third kappa shape index (κ3) is 1.98. The molecule has 0 saturated carbocycles. The van der Waals surface area contributed by atoms with Gasteiger partial charge in [0.15, 0.2) is 5.78 Å². The maximum absolute atomic E-state index is 12.8. The van der Waals surface area contributed by atoms with Crippen molar-refractivity contribution < 1.29 is 4.79 Å². The van der Waals surface area contributed by atoms with Crippen LogP contribution in [0.25, 0.3) is 10.9 Å². The lowest BCUT2D eigenvalue weighted by Gasteiger charge is -2.10. The number of ketones is 1. The van der Waals surface area contributed by atoms with E-state index in [1.54, 1.807) is 6.20 Å². The van der Waals surface area contributed by atoms with Crippen LogP contribution >= 0.6 is 0 Å². The number of hydrogen-bond donors (Lipinski definition) is 1. The summed E-state index contributed by atoms with van der Waals surface area (Å²) in [6.07, 6.45) is 1.76. The fourth-order valence-corrected chi connectivity index (χ4v) is 2.95. The van der Waals surface area contributed by atoms with Gasteiger partial charge in [0, 0.05) is 29.4 Å². The summed E-state index contributed by atoms with van der Waals surface area (Å²) in [7, 11) is 0. The lowest BCUT2D eigenvalue weighted by molar-refractivity contribution is 0.0966. The fourth-order valence-electron chi connectivity index (χ4n) is 2.95. The fraction of sp³-hybridized carbons (Fsp3) is 0.111. The van der Waals surface area contributed by atoms with Crippen LogP contribution in [-0.4, -0.2) is 17.3 Å². The predicted molar refractivity (Wildman–Crippen MR) is 83.7 cm³/mol. The molecule has 0 radical (unpaired) electrons. The second-order valence-electron chi connectivity index (χ2n) is 5.30. The molecule has 4 rings (SSSR count). The third-order valence-electron chi connectivity index (χ3n) is 4.04. The molecule has 1 N–H and O–H groups in total. The number of para-hydroxylation sites is 1. The van der Waals surface area contributed by atoms with E-state index in [4.69, 9.17) is 0 Å². The minimum Gasteiger partial charge on any atom is -0.384 e. The molecule has 0 saturated heterocycles. The molecule has 102 valence electrons. The van der Waals surface area contributed by atoms with E-state index in [0.717, 1.165) is 27.7 Å². The number of Topliss-reactive ketones (excluding diaryl/α,β-unsaturated/α-hetero) is 1. The summed E-state index contributed by atoms with van der Waals surface area (Å²) in [5, 5.41) is 4.31. The van der Waals surface area contributed by atoms with Crippen LogP contribution in [0.15, 0.2) is 60.8 Å². The number of rotatable bonds is 2. The van der Waals surface area contributed by atoms with Crippen molar-refractivity contribution >= 4 is 22.4 Å². The maximum atomic E-state index is 12.8. The lowest BCUT2D eigenvalue weighted by Crippen LogP contribution is -2.14. The van der Waals surface area contributed by atoms with E-state index in [0.29, 0.717) is 6.54 Å². The molecule has 3 heteroatoms. The average Bonchev–Trinajstić information content (AvgIpc) is 2.98. The second kappa shape index (κ2) is 4.70. The van der Waals surface area contributed by atoms with Gasteiger partial charge in [0.05, 0.1) is 11.4 Å². The van der Waals surface area contributed by atoms with Crippen LogP contribution in [0.2, 0.25) is 0 Å². The highest BCUT2D eigenvalue weighted by atomic mass is 16.1. The molecule has 2 aromatic carbocycles. The van der Waals surface area contributed by atoms with Crippen molar-refractivity contribution in [3.05, 3.63) is 71.9 Å². The van der Waals surface area contributed by atoms with Crippen molar-refractivity contribution in [2.75, 3.05) is 11.9 Å². The van der Waals surface area contributed by atoms with Gasteiger partial charge in [-0.3, -0.25) is 9.78 Å². The zero-order chi connectivity index (χ0) is 14.2. The number of aromatic nitrogens is 1. The van der Waals surface area contributed by atoms with Crippen LogP contribution in [-0.2, 0) is 0 Å². The number of fused-ring (bicyclic) bond motifs is 2. The van der Waals surface area contributed by atoms with E-state index in [1.165, 1.54) is 0 Å². The number of nitrogens with one attached hydrogen (secondary N) is 1. The molecular weight excluding hydrogens is 260 g/mol. The molecule has 1 unspecified atom stereocenters. The monoisotopic (exact) mass is 274 g/mol. The number of carbonyl (C=O) groups is 1. The number of pyridine rings is 1. The zero-order valence-corrected chi connectivity index (χ0v) is 11.4. The Kier molecular flexibility index (Phi) is 2.71. The van der Waals surface area contributed by atoms with E-state index in [9.17, 15) is 4.79 Å². The van der Waals surface area contributed by atoms with Crippen LogP contribution in [0, 0.1) is 0 Å². The Morgan fingerprint density at radius 3 is 2.95 bits per heavy atom. The number of carbonyl (C=O) groups excluding carboxylic acids is 1. The lowest BCUT2D eigenvalue weighted by atomic mass is 9.92. The summed E-state index contributed by atoms with van der Waals surface area (Å²) in [4.78, 5) is 17.1. The van der Waals surface area contributed by atoms with Gasteiger partial charge in [-0.2, -0.15) is 0 Å². The molecule has 1 aliphatic heterocycles. The predicted octanol–water partition coefficient (Wildman–Crippen LogP) is 3.63. The highest BCUT2D eigenvalue weighted by molar-refractivity contribution is 6.05. The van der Waals surface area contributed by atoms with Gasteiger partial charge in [-0.25, -0.2) is 0 Å². The summed E-state index contributed by atoms with van der Waals surface area (Å²) in [6, 6.07) is 17.6. The minimum absolute atomic E-state index is 0.102. The van der Waals surface area contributed by atoms with Crippen molar-refractivity contribution in [3.63, 3.8) is 0 Å². The van der Waals surface area contributed by atoms with Crippen LogP contribution < -0.4 is 5.32 Å². The van der Waals surface area contributed by atoms with Gasteiger partial charge in [0.25, 0.3) is 0 Å². The molecule has 1 atom stereocenters. The van der Waals surface area contributed by atoms with E-state index in [2.05, 4.69) is 10.3 Å².